The Morgan fingerprint density at radius 3 is 0.717 bits per heavy atom. The fraction of sp³-hybridized carbons (Fsp3) is 0.510. The van der Waals surface area contributed by atoms with E-state index in [2.05, 4.69) is 159 Å². The third kappa shape index (κ3) is 9.07. The molecule has 4 heteroatoms. The van der Waals surface area contributed by atoms with E-state index in [4.69, 9.17) is 0 Å². The van der Waals surface area contributed by atoms with Crippen molar-refractivity contribution in [3.63, 3.8) is 0 Å². The van der Waals surface area contributed by atoms with Crippen molar-refractivity contribution >= 4 is 0 Å². The molecule has 0 atom stereocenters. The number of aryl methyl sites for hydroxylation is 4. The number of phenols is 4. The number of hydrogen-bond donors (Lipinski definition) is 4. The van der Waals surface area contributed by atoms with Crippen LogP contribution in [-0.2, 0) is 21.7 Å². The zero-order valence-electron chi connectivity index (χ0n) is 35.7. The van der Waals surface area contributed by atoms with E-state index < -0.39 is 0 Å². The van der Waals surface area contributed by atoms with Gasteiger partial charge in [0.15, 0.2) is 0 Å². The van der Waals surface area contributed by atoms with Crippen molar-refractivity contribution in [1.29, 1.82) is 0 Å². The van der Waals surface area contributed by atoms with Crippen LogP contribution >= 0.6 is 0 Å². The van der Waals surface area contributed by atoms with Gasteiger partial charge in [-0.05, 0) is 84.5 Å². The van der Waals surface area contributed by atoms with Gasteiger partial charge in [0.05, 0.1) is 0 Å². The third-order valence-electron chi connectivity index (χ3n) is 10.9. The Morgan fingerprint density at radius 1 is 0.358 bits per heavy atom. The molecular weight excluding hydrogens is 653 g/mol. The molecule has 53 heavy (non-hydrogen) atoms. The molecule has 4 aromatic carbocycles. The van der Waals surface area contributed by atoms with E-state index >= 15 is 0 Å². The van der Waals surface area contributed by atoms with Crippen molar-refractivity contribution in [3.05, 3.63) is 115 Å². The molecule has 0 spiro atoms. The summed E-state index contributed by atoms with van der Waals surface area (Å²) in [5, 5.41) is 48.1. The fourth-order valence-corrected chi connectivity index (χ4v) is 8.06. The molecule has 288 valence electrons. The summed E-state index contributed by atoms with van der Waals surface area (Å²) >= 11 is 0. The van der Waals surface area contributed by atoms with Crippen molar-refractivity contribution in [1.82, 2.24) is 0 Å². The summed E-state index contributed by atoms with van der Waals surface area (Å²) in [6.45, 7) is 33.7. The molecular formula is C49H68O4. The average molecular weight is 721 g/mol. The highest BCUT2D eigenvalue weighted by molar-refractivity contribution is 5.58. The Labute approximate surface area is 321 Å². The van der Waals surface area contributed by atoms with Crippen molar-refractivity contribution < 1.29 is 20.4 Å². The van der Waals surface area contributed by atoms with Crippen molar-refractivity contribution in [3.8, 4) is 23.0 Å². The van der Waals surface area contributed by atoms with Gasteiger partial charge in [-0.15, -0.1) is 0 Å². The Balaban J connectivity index is 1.97. The fourth-order valence-electron chi connectivity index (χ4n) is 8.06. The lowest BCUT2D eigenvalue weighted by Crippen LogP contribution is -2.16. The molecule has 0 heterocycles. The van der Waals surface area contributed by atoms with Gasteiger partial charge in [-0.25, -0.2) is 0 Å². The van der Waals surface area contributed by atoms with Gasteiger partial charge in [0.1, 0.15) is 23.0 Å². The van der Waals surface area contributed by atoms with Crippen molar-refractivity contribution in [2.45, 2.75) is 164 Å². The number of aromatic hydroxyl groups is 4. The van der Waals surface area contributed by atoms with Crippen LogP contribution in [-0.4, -0.2) is 20.4 Å². The van der Waals surface area contributed by atoms with Crippen LogP contribution < -0.4 is 0 Å². The summed E-state index contributed by atoms with van der Waals surface area (Å²) in [6, 6.07) is 16.6. The maximum atomic E-state index is 12.0. The van der Waals surface area contributed by atoms with Crippen LogP contribution in [0.1, 0.15) is 181 Å². The lowest BCUT2D eigenvalue weighted by atomic mass is 9.75. The second kappa shape index (κ2) is 14.7. The lowest BCUT2D eigenvalue weighted by Gasteiger charge is -2.31. The van der Waals surface area contributed by atoms with E-state index in [1.54, 1.807) is 0 Å². The first-order valence-electron chi connectivity index (χ1n) is 19.5. The molecule has 4 nitrogen and oxygen atoms in total. The Morgan fingerprint density at radius 2 is 0.547 bits per heavy atom. The number of benzene rings is 4. The monoisotopic (exact) mass is 721 g/mol. The van der Waals surface area contributed by atoms with Crippen LogP contribution in [0.3, 0.4) is 0 Å². The molecule has 0 fully saturated rings. The molecule has 0 saturated heterocycles. The first-order chi connectivity index (χ1) is 24.1. The summed E-state index contributed by atoms with van der Waals surface area (Å²) in [5.74, 6) is 0.510. The minimum atomic E-state index is -0.301. The van der Waals surface area contributed by atoms with Gasteiger partial charge in [-0.2, -0.15) is 0 Å². The molecule has 0 radical (unpaired) electrons. The number of hydrogen-bond acceptors (Lipinski definition) is 4. The van der Waals surface area contributed by atoms with E-state index in [9.17, 15) is 20.4 Å². The summed E-state index contributed by atoms with van der Waals surface area (Å²) in [7, 11) is 0. The first kappa shape index (κ1) is 41.8. The number of rotatable bonds is 8. The summed E-state index contributed by atoms with van der Waals surface area (Å²) in [5.41, 5.74) is 9.91. The normalized spacial score (nSPS) is 13.0. The summed E-state index contributed by atoms with van der Waals surface area (Å²) < 4.78 is 0. The lowest BCUT2D eigenvalue weighted by molar-refractivity contribution is 0.418. The molecule has 0 amide bonds. The quantitative estimate of drug-likeness (QED) is 0.146. The van der Waals surface area contributed by atoms with Gasteiger partial charge < -0.3 is 20.4 Å². The molecule has 4 aromatic rings. The van der Waals surface area contributed by atoms with E-state index in [0.29, 0.717) is 19.3 Å². The van der Waals surface area contributed by atoms with Gasteiger partial charge in [-0.1, -0.05) is 160 Å². The highest BCUT2D eigenvalue weighted by Gasteiger charge is 2.33. The minimum absolute atomic E-state index is 0.278. The molecule has 0 aliphatic rings. The van der Waals surface area contributed by atoms with Crippen LogP contribution in [0.25, 0.3) is 0 Å². The van der Waals surface area contributed by atoms with Crippen LogP contribution in [0, 0.1) is 27.7 Å². The van der Waals surface area contributed by atoms with E-state index in [1.807, 2.05) is 0 Å². The van der Waals surface area contributed by atoms with Crippen LogP contribution in [0.2, 0.25) is 0 Å². The highest BCUT2D eigenvalue weighted by Crippen LogP contribution is 2.50. The highest BCUT2D eigenvalue weighted by atomic mass is 16.3. The average Bonchev–Trinajstić information content (AvgIpc) is 2.99. The molecule has 0 aliphatic heterocycles. The smallest absolute Gasteiger partial charge is 0.123 e. The number of phenolic OH excluding ortho intramolecular Hbond substituents is 4. The van der Waals surface area contributed by atoms with E-state index in [-0.39, 0.29) is 56.5 Å². The van der Waals surface area contributed by atoms with Gasteiger partial charge >= 0.3 is 0 Å². The van der Waals surface area contributed by atoms with Crippen molar-refractivity contribution in [2.24, 2.45) is 0 Å². The van der Waals surface area contributed by atoms with Crippen molar-refractivity contribution in [2.75, 3.05) is 0 Å². The maximum absolute atomic E-state index is 12.0. The molecule has 0 aliphatic carbocycles. The Hall–Kier alpha value is -3.92. The predicted octanol–water partition coefficient (Wildman–Crippen LogP) is 13.1. The zero-order valence-corrected chi connectivity index (χ0v) is 35.7. The molecule has 4 N–H and O–H groups in total. The molecule has 0 saturated carbocycles. The SMILES string of the molecule is Cc1cc(C(CCCC(c2cc(C)cc(C(C)(C)C)c2O)c2cc(C)cc(C(C)(C)C)c2O)c2cc(C)cc(C(C)(C)C)c2O)c(O)c(C(C)(C)C)c1. The molecule has 0 unspecified atom stereocenters. The maximum Gasteiger partial charge on any atom is 0.123 e. The topological polar surface area (TPSA) is 80.9 Å². The first-order valence-corrected chi connectivity index (χ1v) is 19.5. The van der Waals surface area contributed by atoms with E-state index in [1.165, 1.54) is 0 Å². The van der Waals surface area contributed by atoms with Gasteiger partial charge in [0.25, 0.3) is 0 Å². The van der Waals surface area contributed by atoms with Gasteiger partial charge in [-0.3, -0.25) is 0 Å². The standard InChI is InChI=1S/C49H68O4/c1-28-20-34(42(50)38(24-28)46(5,6)7)32(35-21-29(2)25-39(43(35)51)47(8,9)10)18-17-19-33(36-22-30(3)26-40(44(36)52)48(11,12)13)37-23-31(4)27-41(45(37)53)49(14,15)16/h20-27,32-33,50-53H,17-19H2,1-16H3. The zero-order chi connectivity index (χ0) is 40.2. The predicted molar refractivity (Wildman–Crippen MR) is 224 cm³/mol. The van der Waals surface area contributed by atoms with Crippen LogP contribution in [0.15, 0.2) is 48.5 Å². The van der Waals surface area contributed by atoms with Crippen LogP contribution in [0.4, 0.5) is 0 Å². The van der Waals surface area contributed by atoms with E-state index in [0.717, 1.165) is 66.8 Å². The summed E-state index contributed by atoms with van der Waals surface area (Å²) in [6.07, 6.45) is 1.96. The molecule has 0 aromatic heterocycles. The Kier molecular flexibility index (Phi) is 11.6. The molecule has 0 bridgehead atoms. The molecule has 4 rings (SSSR count). The Bertz CT molecular complexity index is 1690. The van der Waals surface area contributed by atoms with Gasteiger partial charge in [0.2, 0.25) is 0 Å². The third-order valence-corrected chi connectivity index (χ3v) is 10.9. The van der Waals surface area contributed by atoms with Crippen LogP contribution in [0.5, 0.6) is 23.0 Å². The largest absolute Gasteiger partial charge is 0.507 e. The summed E-state index contributed by atoms with van der Waals surface area (Å²) in [4.78, 5) is 0. The second-order valence-corrected chi connectivity index (χ2v) is 20.0. The van der Waals surface area contributed by atoms with Gasteiger partial charge in [0, 0.05) is 34.1 Å². The minimum Gasteiger partial charge on any atom is -0.507 e. The second-order valence-electron chi connectivity index (χ2n) is 20.0.